The van der Waals surface area contributed by atoms with Crippen molar-refractivity contribution < 1.29 is 9.21 Å². The Balaban J connectivity index is 1.80. The van der Waals surface area contributed by atoms with Gasteiger partial charge >= 0.3 is 5.63 Å². The number of benzene rings is 2. The summed E-state index contributed by atoms with van der Waals surface area (Å²) in [5.41, 5.74) is 1.78. The molecule has 6 heteroatoms. The van der Waals surface area contributed by atoms with Crippen molar-refractivity contribution >= 4 is 55.6 Å². The summed E-state index contributed by atoms with van der Waals surface area (Å²) in [5, 5.41) is 4.66. The van der Waals surface area contributed by atoms with Crippen LogP contribution < -0.4 is 10.9 Å². The quantitative estimate of drug-likeness (QED) is 0.493. The number of anilines is 1. The average molecular weight is 370 g/mol. The van der Waals surface area contributed by atoms with Gasteiger partial charge in [0.1, 0.15) is 5.58 Å². The second kappa shape index (κ2) is 6.02. The minimum Gasteiger partial charge on any atom is -0.422 e. The Morgan fingerprint density at radius 2 is 1.84 bits per heavy atom. The highest BCUT2D eigenvalue weighted by Crippen LogP contribution is 2.31. The molecule has 4 rings (SSSR count). The Bertz CT molecular complexity index is 1180. The Morgan fingerprint density at radius 1 is 1.08 bits per heavy atom. The van der Waals surface area contributed by atoms with Gasteiger partial charge in [0.05, 0.1) is 15.0 Å². The van der Waals surface area contributed by atoms with E-state index in [-0.39, 0.29) is 5.91 Å². The van der Waals surface area contributed by atoms with E-state index >= 15 is 0 Å². The van der Waals surface area contributed by atoms with Crippen LogP contribution in [0.1, 0.15) is 15.2 Å². The first-order valence-corrected chi connectivity index (χ1v) is 8.74. The molecule has 2 aromatic carbocycles. The Morgan fingerprint density at radius 3 is 2.60 bits per heavy atom. The van der Waals surface area contributed by atoms with E-state index in [9.17, 15) is 9.59 Å². The van der Waals surface area contributed by atoms with Gasteiger partial charge in [-0.05, 0) is 49.4 Å². The average Bonchev–Trinajstić information content (AvgIpc) is 3.04. The van der Waals surface area contributed by atoms with Gasteiger partial charge in [0, 0.05) is 16.1 Å². The van der Waals surface area contributed by atoms with Gasteiger partial charge in [-0.25, -0.2) is 4.79 Å². The zero-order chi connectivity index (χ0) is 17.6. The largest absolute Gasteiger partial charge is 0.422 e. The number of fused-ring (bicyclic) bond motifs is 3. The molecule has 0 atom stereocenters. The predicted molar refractivity (Wildman–Crippen MR) is 102 cm³/mol. The van der Waals surface area contributed by atoms with Crippen LogP contribution in [0.2, 0.25) is 5.02 Å². The van der Waals surface area contributed by atoms with Crippen LogP contribution in [-0.2, 0) is 0 Å². The SMILES string of the molecule is Cc1ccc2oc(=O)c3cc(C(=O)Nc4ccc(Cl)cc4)sc3c2c1. The summed E-state index contributed by atoms with van der Waals surface area (Å²) >= 11 is 7.13. The lowest BCUT2D eigenvalue weighted by Crippen LogP contribution is -2.09. The van der Waals surface area contributed by atoms with E-state index in [2.05, 4.69) is 5.32 Å². The molecular formula is C19H12ClNO3S. The molecule has 0 radical (unpaired) electrons. The number of hydrogen-bond acceptors (Lipinski definition) is 4. The molecule has 2 aromatic heterocycles. The second-order valence-corrected chi connectivity index (χ2v) is 7.19. The lowest BCUT2D eigenvalue weighted by Gasteiger charge is -2.02. The molecule has 0 bridgehead atoms. The number of halogens is 1. The number of aryl methyl sites for hydroxylation is 1. The van der Waals surface area contributed by atoms with Crippen molar-refractivity contribution in [3.63, 3.8) is 0 Å². The molecule has 0 unspecified atom stereocenters. The summed E-state index contributed by atoms with van der Waals surface area (Å²) in [7, 11) is 0. The van der Waals surface area contributed by atoms with Gasteiger partial charge in [-0.3, -0.25) is 4.79 Å². The van der Waals surface area contributed by atoms with Gasteiger partial charge in [-0.15, -0.1) is 11.3 Å². The number of rotatable bonds is 2. The van der Waals surface area contributed by atoms with Gasteiger partial charge < -0.3 is 9.73 Å². The maximum absolute atomic E-state index is 12.5. The van der Waals surface area contributed by atoms with Crippen LogP contribution in [0.15, 0.2) is 57.7 Å². The van der Waals surface area contributed by atoms with Crippen molar-refractivity contribution in [2.24, 2.45) is 0 Å². The first kappa shape index (κ1) is 15.9. The first-order chi connectivity index (χ1) is 12.0. The molecule has 0 aliphatic rings. The van der Waals surface area contributed by atoms with E-state index in [1.807, 2.05) is 19.1 Å². The maximum Gasteiger partial charge on any atom is 0.345 e. The fraction of sp³-hybridized carbons (Fsp3) is 0.0526. The Kier molecular flexibility index (Phi) is 3.82. The fourth-order valence-corrected chi connectivity index (χ4v) is 3.83. The molecule has 4 aromatic rings. The number of amides is 1. The van der Waals surface area contributed by atoms with Crippen LogP contribution in [0.4, 0.5) is 5.69 Å². The topological polar surface area (TPSA) is 59.3 Å². The van der Waals surface area contributed by atoms with Gasteiger partial charge in [0.2, 0.25) is 0 Å². The lowest BCUT2D eigenvalue weighted by atomic mass is 10.1. The summed E-state index contributed by atoms with van der Waals surface area (Å²) in [5.74, 6) is -0.274. The van der Waals surface area contributed by atoms with Gasteiger partial charge in [-0.2, -0.15) is 0 Å². The molecule has 2 heterocycles. The summed E-state index contributed by atoms with van der Waals surface area (Å²) in [4.78, 5) is 25.2. The van der Waals surface area contributed by atoms with Crippen LogP contribution in [0.5, 0.6) is 0 Å². The van der Waals surface area contributed by atoms with Crippen LogP contribution >= 0.6 is 22.9 Å². The molecule has 124 valence electrons. The van der Waals surface area contributed by atoms with Crippen LogP contribution in [0.3, 0.4) is 0 Å². The van der Waals surface area contributed by atoms with Crippen molar-refractivity contribution in [3.05, 3.63) is 74.4 Å². The highest BCUT2D eigenvalue weighted by molar-refractivity contribution is 7.21. The van der Waals surface area contributed by atoms with Gasteiger partial charge in [0.25, 0.3) is 5.91 Å². The van der Waals surface area contributed by atoms with Crippen molar-refractivity contribution in [2.45, 2.75) is 6.92 Å². The number of thiophene rings is 1. The molecule has 1 amide bonds. The summed E-state index contributed by atoms with van der Waals surface area (Å²) in [6.07, 6.45) is 0. The molecule has 0 aliphatic heterocycles. The molecule has 0 saturated carbocycles. The van der Waals surface area contributed by atoms with Crippen LogP contribution in [0.25, 0.3) is 21.1 Å². The predicted octanol–water partition coefficient (Wildman–Crippen LogP) is 5.22. The number of carbonyl (C=O) groups excluding carboxylic acids is 1. The molecular weight excluding hydrogens is 358 g/mol. The minimum absolute atomic E-state index is 0.274. The van der Waals surface area contributed by atoms with E-state index in [1.165, 1.54) is 11.3 Å². The third kappa shape index (κ3) is 2.92. The number of nitrogens with one attached hydrogen (secondary N) is 1. The Labute approximate surface area is 151 Å². The molecule has 0 spiro atoms. The second-order valence-electron chi connectivity index (χ2n) is 5.70. The van der Waals surface area contributed by atoms with E-state index in [1.54, 1.807) is 36.4 Å². The van der Waals surface area contributed by atoms with Crippen molar-refractivity contribution in [1.82, 2.24) is 0 Å². The van der Waals surface area contributed by atoms with Gasteiger partial charge in [0.15, 0.2) is 0 Å². The first-order valence-electron chi connectivity index (χ1n) is 7.55. The highest BCUT2D eigenvalue weighted by Gasteiger charge is 2.16. The van der Waals surface area contributed by atoms with E-state index in [4.69, 9.17) is 16.0 Å². The third-order valence-corrected chi connectivity index (χ3v) is 5.28. The number of carbonyl (C=O) groups is 1. The normalized spacial score (nSPS) is 11.1. The van der Waals surface area contributed by atoms with Crippen molar-refractivity contribution in [2.75, 3.05) is 5.32 Å². The summed E-state index contributed by atoms with van der Waals surface area (Å²) in [6.45, 7) is 1.97. The summed E-state index contributed by atoms with van der Waals surface area (Å²) < 4.78 is 6.12. The zero-order valence-electron chi connectivity index (χ0n) is 13.1. The molecule has 25 heavy (non-hydrogen) atoms. The van der Waals surface area contributed by atoms with Crippen LogP contribution in [-0.4, -0.2) is 5.91 Å². The Hall–Kier alpha value is -2.63. The maximum atomic E-state index is 12.5. The molecule has 4 nitrogen and oxygen atoms in total. The van der Waals surface area contributed by atoms with Gasteiger partial charge in [-0.1, -0.05) is 23.2 Å². The number of hydrogen-bond donors (Lipinski definition) is 1. The van der Waals surface area contributed by atoms with Crippen molar-refractivity contribution in [1.29, 1.82) is 0 Å². The van der Waals surface area contributed by atoms with E-state index in [0.29, 0.717) is 26.6 Å². The monoisotopic (exact) mass is 369 g/mol. The third-order valence-electron chi connectivity index (χ3n) is 3.86. The molecule has 0 aliphatic carbocycles. The molecule has 0 saturated heterocycles. The van der Waals surface area contributed by atoms with E-state index < -0.39 is 5.63 Å². The fourth-order valence-electron chi connectivity index (χ4n) is 2.65. The highest BCUT2D eigenvalue weighted by atomic mass is 35.5. The standard InChI is InChI=1S/C19H12ClNO3S/c1-10-2-7-15-13(8-10)17-14(19(23)24-15)9-16(25-17)18(22)21-12-5-3-11(20)4-6-12/h2-9H,1H3,(H,21,22). The van der Waals surface area contributed by atoms with Crippen molar-refractivity contribution in [3.8, 4) is 0 Å². The molecule has 0 fully saturated rings. The lowest BCUT2D eigenvalue weighted by molar-refractivity contribution is 0.103. The molecule has 1 N–H and O–H groups in total. The smallest absolute Gasteiger partial charge is 0.345 e. The van der Waals surface area contributed by atoms with Crippen LogP contribution in [0, 0.1) is 6.92 Å². The van der Waals surface area contributed by atoms with E-state index in [0.717, 1.165) is 15.6 Å². The summed E-state index contributed by atoms with van der Waals surface area (Å²) in [6, 6.07) is 14.1. The zero-order valence-corrected chi connectivity index (χ0v) is 14.7. The minimum atomic E-state index is -0.437.